The minimum absolute atomic E-state index is 0.0936. The predicted molar refractivity (Wildman–Crippen MR) is 134 cm³/mol. The molecule has 0 aromatic heterocycles. The van der Waals surface area contributed by atoms with Crippen LogP contribution in [0, 0.1) is 0 Å². The van der Waals surface area contributed by atoms with Gasteiger partial charge >= 0.3 is 0 Å². The van der Waals surface area contributed by atoms with E-state index in [0.29, 0.717) is 29.5 Å². The first-order valence-electron chi connectivity index (χ1n) is 11.7. The van der Waals surface area contributed by atoms with Gasteiger partial charge in [0, 0.05) is 56.9 Å². The maximum Gasteiger partial charge on any atom is 0.236 e. The summed E-state index contributed by atoms with van der Waals surface area (Å²) in [4.78, 5) is 30.7. The van der Waals surface area contributed by atoms with Gasteiger partial charge in [-0.2, -0.15) is 0 Å². The van der Waals surface area contributed by atoms with Crippen LogP contribution in [0.4, 0.5) is 0 Å². The van der Waals surface area contributed by atoms with E-state index in [2.05, 4.69) is 9.80 Å². The fourth-order valence-electron chi connectivity index (χ4n) is 3.86. The number of carbonyl (C=O) groups excluding carboxylic acids is 2. The molecule has 2 aromatic carbocycles. The number of amides is 1. The van der Waals surface area contributed by atoms with Crippen LogP contribution in [0.1, 0.15) is 35.2 Å². The molecule has 1 amide bonds. The molecule has 0 saturated carbocycles. The third-order valence-corrected chi connectivity index (χ3v) is 6.28. The summed E-state index contributed by atoms with van der Waals surface area (Å²) in [6.07, 6.45) is 3.07. The summed E-state index contributed by atoms with van der Waals surface area (Å²) < 4.78 is 5.76. The molecule has 1 saturated heterocycles. The molecular weight excluding hydrogens is 454 g/mol. The van der Waals surface area contributed by atoms with E-state index in [4.69, 9.17) is 16.3 Å². The summed E-state index contributed by atoms with van der Waals surface area (Å²) in [6.45, 7) is 5.98. The van der Waals surface area contributed by atoms with E-state index >= 15 is 0 Å². The van der Waals surface area contributed by atoms with E-state index in [1.165, 1.54) is 6.07 Å². The molecule has 3 rings (SSSR count). The molecule has 1 N–H and O–H groups in total. The van der Waals surface area contributed by atoms with Crippen LogP contribution in [0.15, 0.2) is 42.5 Å². The van der Waals surface area contributed by atoms with Crippen molar-refractivity contribution in [3.05, 3.63) is 58.6 Å². The Bertz CT molecular complexity index is 957. The van der Waals surface area contributed by atoms with Crippen molar-refractivity contribution in [2.24, 2.45) is 0 Å². The number of phenolic OH excluding ortho intramolecular Hbond substituents is 1. The summed E-state index contributed by atoms with van der Waals surface area (Å²) in [6, 6.07) is 11.4. The first-order chi connectivity index (χ1) is 16.3. The van der Waals surface area contributed by atoms with Crippen molar-refractivity contribution in [2.45, 2.75) is 19.3 Å². The quantitative estimate of drug-likeness (QED) is 0.386. The topological polar surface area (TPSA) is 73.3 Å². The highest BCUT2D eigenvalue weighted by atomic mass is 35.5. The zero-order valence-corrected chi connectivity index (χ0v) is 20.8. The summed E-state index contributed by atoms with van der Waals surface area (Å²) >= 11 is 5.87. The number of ketones is 1. The number of hydrogen-bond donors (Lipinski definition) is 1. The number of phenols is 1. The molecule has 1 aliphatic rings. The molecule has 0 aliphatic carbocycles. The van der Waals surface area contributed by atoms with Gasteiger partial charge in [-0.05, 0) is 62.2 Å². The number of halogens is 1. The second kappa shape index (κ2) is 12.7. The second-order valence-electron chi connectivity index (χ2n) is 8.83. The van der Waals surface area contributed by atoms with Crippen molar-refractivity contribution < 1.29 is 19.4 Å². The number of rotatable bonds is 11. The van der Waals surface area contributed by atoms with E-state index < -0.39 is 0 Å². The molecule has 1 heterocycles. The summed E-state index contributed by atoms with van der Waals surface area (Å²) in [7, 11) is 3.59. The van der Waals surface area contributed by atoms with Crippen molar-refractivity contribution in [1.29, 1.82) is 0 Å². The third-order valence-electron chi connectivity index (χ3n) is 6.03. The Kier molecular flexibility index (Phi) is 9.74. The lowest BCUT2D eigenvalue weighted by atomic mass is 10.0. The largest absolute Gasteiger partial charge is 0.507 e. The minimum atomic E-state index is -0.258. The molecule has 184 valence electrons. The summed E-state index contributed by atoms with van der Waals surface area (Å²) in [5.41, 5.74) is 0.706. The number of ether oxygens (including phenoxy) is 1. The Hall–Kier alpha value is -2.61. The Morgan fingerprint density at radius 3 is 2.29 bits per heavy atom. The average Bonchev–Trinajstić information content (AvgIpc) is 2.82. The van der Waals surface area contributed by atoms with E-state index in [0.717, 1.165) is 52.0 Å². The Morgan fingerprint density at radius 2 is 1.65 bits per heavy atom. The van der Waals surface area contributed by atoms with E-state index in [-0.39, 0.29) is 23.0 Å². The predicted octanol–water partition coefficient (Wildman–Crippen LogP) is 3.53. The number of hydrogen-bond acceptors (Lipinski definition) is 6. The normalized spacial score (nSPS) is 14.7. The van der Waals surface area contributed by atoms with Crippen molar-refractivity contribution in [1.82, 2.24) is 14.7 Å². The van der Waals surface area contributed by atoms with E-state index in [1.54, 1.807) is 55.4 Å². The molecule has 8 heteroatoms. The van der Waals surface area contributed by atoms with Crippen LogP contribution in [-0.4, -0.2) is 91.5 Å². The average molecular weight is 488 g/mol. The third kappa shape index (κ3) is 7.72. The molecule has 7 nitrogen and oxygen atoms in total. The van der Waals surface area contributed by atoms with Gasteiger partial charge in [0.05, 0.1) is 18.7 Å². The smallest absolute Gasteiger partial charge is 0.236 e. The second-order valence-corrected chi connectivity index (χ2v) is 9.27. The van der Waals surface area contributed by atoms with Crippen LogP contribution in [-0.2, 0) is 4.79 Å². The molecule has 0 unspecified atom stereocenters. The van der Waals surface area contributed by atoms with Crippen LogP contribution in [0.5, 0.6) is 11.5 Å². The highest BCUT2D eigenvalue weighted by Gasteiger charge is 2.19. The van der Waals surface area contributed by atoms with E-state index in [1.807, 2.05) is 0 Å². The fraction of sp³-hybridized carbons (Fsp3) is 0.462. The number of nitrogens with zero attached hydrogens (tertiary/aromatic N) is 3. The number of piperazine rings is 1. The highest BCUT2D eigenvalue weighted by molar-refractivity contribution is 6.30. The number of carbonyl (C=O) groups is 2. The fourth-order valence-corrected chi connectivity index (χ4v) is 3.98. The molecular formula is C26H34ClN3O4. The van der Waals surface area contributed by atoms with Gasteiger partial charge in [-0.25, -0.2) is 0 Å². The van der Waals surface area contributed by atoms with Gasteiger partial charge < -0.3 is 19.6 Å². The molecule has 0 bridgehead atoms. The Balaban J connectivity index is 1.32. The van der Waals surface area contributed by atoms with Gasteiger partial charge in [0.25, 0.3) is 0 Å². The van der Waals surface area contributed by atoms with Crippen LogP contribution < -0.4 is 4.74 Å². The molecule has 0 atom stereocenters. The summed E-state index contributed by atoms with van der Waals surface area (Å²) in [5.74, 6) is 0.354. The van der Waals surface area contributed by atoms with Gasteiger partial charge in [-0.3, -0.25) is 14.5 Å². The van der Waals surface area contributed by atoms with Crippen LogP contribution in [0.3, 0.4) is 0 Å². The Labute approximate surface area is 206 Å². The highest BCUT2D eigenvalue weighted by Crippen LogP contribution is 2.26. The number of unbranched alkanes of at least 4 members (excludes halogenated alkanes) is 2. The molecule has 2 aromatic rings. The lowest BCUT2D eigenvalue weighted by molar-refractivity contribution is -0.130. The Morgan fingerprint density at radius 1 is 0.971 bits per heavy atom. The van der Waals surface area contributed by atoms with Gasteiger partial charge in [-0.1, -0.05) is 11.6 Å². The SMILES string of the molecule is CN(C)C(=O)CN1CCN(CCCCCOc2ccc(C(=O)c3ccc(Cl)cc3)c(O)c2)CC1. The minimum Gasteiger partial charge on any atom is -0.507 e. The first-order valence-corrected chi connectivity index (χ1v) is 12.1. The van der Waals surface area contributed by atoms with Crippen molar-refractivity contribution in [3.8, 4) is 11.5 Å². The molecule has 0 spiro atoms. The molecule has 34 heavy (non-hydrogen) atoms. The van der Waals surface area contributed by atoms with Crippen LogP contribution >= 0.6 is 11.6 Å². The lowest BCUT2D eigenvalue weighted by Crippen LogP contribution is -2.49. The van der Waals surface area contributed by atoms with Crippen LogP contribution in [0.2, 0.25) is 5.02 Å². The van der Waals surface area contributed by atoms with Gasteiger partial charge in [-0.15, -0.1) is 0 Å². The van der Waals surface area contributed by atoms with Crippen molar-refractivity contribution >= 4 is 23.3 Å². The van der Waals surface area contributed by atoms with Crippen molar-refractivity contribution in [3.63, 3.8) is 0 Å². The number of likely N-dealkylation sites (N-methyl/N-ethyl adjacent to an activating group) is 1. The van der Waals surface area contributed by atoms with Gasteiger partial charge in [0.15, 0.2) is 5.78 Å². The lowest BCUT2D eigenvalue weighted by Gasteiger charge is -2.34. The molecule has 1 fully saturated rings. The number of aromatic hydroxyl groups is 1. The van der Waals surface area contributed by atoms with Crippen molar-refractivity contribution in [2.75, 3.05) is 60.0 Å². The number of benzene rings is 2. The summed E-state index contributed by atoms with van der Waals surface area (Å²) in [5, 5.41) is 10.9. The maximum absolute atomic E-state index is 12.6. The van der Waals surface area contributed by atoms with E-state index in [9.17, 15) is 14.7 Å². The molecule has 1 aliphatic heterocycles. The van der Waals surface area contributed by atoms with Gasteiger partial charge in [0.2, 0.25) is 5.91 Å². The molecule has 0 radical (unpaired) electrons. The maximum atomic E-state index is 12.6. The van der Waals surface area contributed by atoms with Gasteiger partial charge in [0.1, 0.15) is 11.5 Å². The van der Waals surface area contributed by atoms with Crippen LogP contribution in [0.25, 0.3) is 0 Å². The zero-order valence-electron chi connectivity index (χ0n) is 20.0. The monoisotopic (exact) mass is 487 g/mol. The zero-order chi connectivity index (χ0) is 24.5. The standard InChI is InChI=1S/C26H34ClN3O4/c1-28(2)25(32)19-30-15-13-29(14-16-30)12-4-3-5-17-34-22-10-11-23(24(31)18-22)26(33)20-6-8-21(27)9-7-20/h6-11,18,31H,3-5,12-17,19H2,1-2H3. The first kappa shape index (κ1) is 26.0.